The maximum Gasteiger partial charge on any atom is 0.160 e. The monoisotopic (exact) mass is 322 g/mol. The first kappa shape index (κ1) is 15.8. The summed E-state index contributed by atoms with van der Waals surface area (Å²) in [6, 6.07) is 9.74. The van der Waals surface area contributed by atoms with Gasteiger partial charge in [-0.25, -0.2) is 0 Å². The van der Waals surface area contributed by atoms with Crippen molar-refractivity contribution in [3.8, 4) is 0 Å². The number of aliphatic imine (C=N–C) groups is 1. The number of rotatable bonds is 5. The molecule has 2 fully saturated rings. The third-order valence-corrected chi connectivity index (χ3v) is 5.46. The highest BCUT2D eigenvalue weighted by molar-refractivity contribution is 8.14. The number of fused-ring (bicyclic) bond motifs is 1. The SMILES string of the molecule is OC[C@H]1[C@H](O)[C@@H](O)[C@@H]2CSC(=NCCCc3ccccc3)N12. The van der Waals surface area contributed by atoms with Crippen molar-refractivity contribution < 1.29 is 15.3 Å². The minimum absolute atomic E-state index is 0.134. The second-order valence-corrected chi connectivity index (χ2v) is 6.76. The van der Waals surface area contributed by atoms with Crippen LogP contribution in [0.4, 0.5) is 0 Å². The van der Waals surface area contributed by atoms with Gasteiger partial charge >= 0.3 is 0 Å². The van der Waals surface area contributed by atoms with Gasteiger partial charge in [0.1, 0.15) is 12.2 Å². The second-order valence-electron chi connectivity index (χ2n) is 5.77. The lowest BCUT2D eigenvalue weighted by Gasteiger charge is -2.24. The number of thioether (sulfide) groups is 1. The van der Waals surface area contributed by atoms with Gasteiger partial charge in [0.25, 0.3) is 0 Å². The molecule has 3 N–H and O–H groups in total. The van der Waals surface area contributed by atoms with Crippen molar-refractivity contribution in [3.63, 3.8) is 0 Å². The zero-order valence-corrected chi connectivity index (χ0v) is 13.2. The third kappa shape index (κ3) is 3.01. The molecule has 0 unspecified atom stereocenters. The molecule has 0 radical (unpaired) electrons. The maximum atomic E-state index is 10.0. The number of aryl methyl sites for hydroxylation is 1. The molecular weight excluding hydrogens is 300 g/mol. The fourth-order valence-corrected chi connectivity index (χ4v) is 4.43. The molecule has 0 bridgehead atoms. The molecule has 2 saturated heterocycles. The van der Waals surface area contributed by atoms with Crippen LogP contribution >= 0.6 is 11.8 Å². The Labute approximate surface area is 134 Å². The number of nitrogens with zero attached hydrogens (tertiary/aromatic N) is 2. The van der Waals surface area contributed by atoms with Gasteiger partial charge < -0.3 is 20.2 Å². The molecule has 22 heavy (non-hydrogen) atoms. The van der Waals surface area contributed by atoms with Gasteiger partial charge in [-0.05, 0) is 18.4 Å². The largest absolute Gasteiger partial charge is 0.394 e. The van der Waals surface area contributed by atoms with Crippen LogP contribution in [0.1, 0.15) is 12.0 Å². The summed E-state index contributed by atoms with van der Waals surface area (Å²) in [5.41, 5.74) is 1.31. The number of aliphatic hydroxyl groups is 3. The highest BCUT2D eigenvalue weighted by atomic mass is 32.2. The molecule has 0 saturated carbocycles. The summed E-state index contributed by atoms with van der Waals surface area (Å²) in [6.45, 7) is 0.545. The molecule has 120 valence electrons. The summed E-state index contributed by atoms with van der Waals surface area (Å²) >= 11 is 1.60. The van der Waals surface area contributed by atoms with Crippen molar-refractivity contribution in [2.24, 2.45) is 4.99 Å². The van der Waals surface area contributed by atoms with Crippen molar-refractivity contribution in [1.29, 1.82) is 0 Å². The number of hydrogen-bond donors (Lipinski definition) is 3. The molecule has 1 aromatic rings. The van der Waals surface area contributed by atoms with E-state index < -0.39 is 18.2 Å². The van der Waals surface area contributed by atoms with E-state index in [1.54, 1.807) is 11.8 Å². The molecule has 0 aliphatic carbocycles. The molecule has 0 amide bonds. The maximum absolute atomic E-state index is 10.0. The number of aliphatic hydroxyl groups excluding tert-OH is 3. The van der Waals surface area contributed by atoms with Gasteiger partial charge in [0.2, 0.25) is 0 Å². The lowest BCUT2D eigenvalue weighted by Crippen LogP contribution is -2.41. The van der Waals surface area contributed by atoms with Crippen molar-refractivity contribution in [3.05, 3.63) is 35.9 Å². The van der Waals surface area contributed by atoms with Crippen LogP contribution in [0.3, 0.4) is 0 Å². The summed E-state index contributed by atoms with van der Waals surface area (Å²) < 4.78 is 0. The molecule has 1 aromatic carbocycles. The predicted molar refractivity (Wildman–Crippen MR) is 88.0 cm³/mol. The normalized spacial score (nSPS) is 32.7. The number of benzene rings is 1. The Bertz CT molecular complexity index is 523. The second kappa shape index (κ2) is 7.00. The van der Waals surface area contributed by atoms with Crippen molar-refractivity contribution in [1.82, 2.24) is 4.90 Å². The molecular formula is C16H22N2O3S. The molecule has 6 heteroatoms. The van der Waals surface area contributed by atoms with Gasteiger partial charge in [0, 0.05) is 12.3 Å². The van der Waals surface area contributed by atoms with Gasteiger partial charge in [0.15, 0.2) is 5.17 Å². The summed E-state index contributed by atoms with van der Waals surface area (Å²) in [7, 11) is 0. The molecule has 4 atom stereocenters. The van der Waals surface area contributed by atoms with E-state index in [0.29, 0.717) is 12.3 Å². The molecule has 2 aliphatic rings. The van der Waals surface area contributed by atoms with Gasteiger partial charge in [-0.15, -0.1) is 0 Å². The van der Waals surface area contributed by atoms with Gasteiger partial charge in [0.05, 0.1) is 18.7 Å². The average molecular weight is 322 g/mol. The van der Waals surface area contributed by atoms with Gasteiger partial charge in [-0.2, -0.15) is 0 Å². The Morgan fingerprint density at radius 3 is 2.68 bits per heavy atom. The first-order chi connectivity index (χ1) is 10.7. The van der Waals surface area contributed by atoms with E-state index in [0.717, 1.165) is 18.0 Å². The highest BCUT2D eigenvalue weighted by Crippen LogP contribution is 2.36. The zero-order chi connectivity index (χ0) is 15.5. The lowest BCUT2D eigenvalue weighted by atomic mass is 10.1. The average Bonchev–Trinajstić information content (AvgIpc) is 3.05. The minimum Gasteiger partial charge on any atom is -0.394 e. The topological polar surface area (TPSA) is 76.3 Å². The first-order valence-corrected chi connectivity index (χ1v) is 8.67. The molecule has 0 spiro atoms. The van der Waals surface area contributed by atoms with Gasteiger partial charge in [-0.1, -0.05) is 42.1 Å². The van der Waals surface area contributed by atoms with Gasteiger partial charge in [-0.3, -0.25) is 4.99 Å². The van der Waals surface area contributed by atoms with Crippen LogP contribution in [0.25, 0.3) is 0 Å². The van der Waals surface area contributed by atoms with E-state index in [1.807, 2.05) is 23.1 Å². The lowest BCUT2D eigenvalue weighted by molar-refractivity contribution is 0.0206. The van der Waals surface area contributed by atoms with E-state index in [2.05, 4.69) is 17.1 Å². The van der Waals surface area contributed by atoms with Crippen LogP contribution < -0.4 is 0 Å². The molecule has 0 aromatic heterocycles. The smallest absolute Gasteiger partial charge is 0.160 e. The van der Waals surface area contributed by atoms with Crippen LogP contribution in [0, 0.1) is 0 Å². The zero-order valence-electron chi connectivity index (χ0n) is 12.4. The van der Waals surface area contributed by atoms with Crippen LogP contribution in [0.5, 0.6) is 0 Å². The first-order valence-electron chi connectivity index (χ1n) is 7.69. The van der Waals surface area contributed by atoms with E-state index in [4.69, 9.17) is 0 Å². The van der Waals surface area contributed by atoms with Crippen molar-refractivity contribution in [2.75, 3.05) is 18.9 Å². The number of amidine groups is 1. The predicted octanol–water partition coefficient (Wildman–Crippen LogP) is 0.489. The van der Waals surface area contributed by atoms with E-state index in [-0.39, 0.29) is 12.6 Å². The Kier molecular flexibility index (Phi) is 5.03. The molecule has 2 aliphatic heterocycles. The van der Waals surface area contributed by atoms with Crippen LogP contribution in [0.15, 0.2) is 35.3 Å². The fourth-order valence-electron chi connectivity index (χ4n) is 3.15. The standard InChI is InChI=1S/C16H22N2O3S/c19-9-12-14(20)15(21)13-10-22-16(18(12)13)17-8-4-7-11-5-2-1-3-6-11/h1-3,5-6,12-15,19-21H,4,7-10H2/t12-,13-,14-,15-/m0/s1. The summed E-state index contributed by atoms with van der Waals surface area (Å²) in [5.74, 6) is 0.715. The van der Waals surface area contributed by atoms with Crippen molar-refractivity contribution >= 4 is 16.9 Å². The van der Waals surface area contributed by atoms with Crippen LogP contribution in [0.2, 0.25) is 0 Å². The Morgan fingerprint density at radius 2 is 1.95 bits per heavy atom. The van der Waals surface area contributed by atoms with E-state index in [1.165, 1.54) is 5.56 Å². The van der Waals surface area contributed by atoms with E-state index >= 15 is 0 Å². The summed E-state index contributed by atoms with van der Waals surface area (Å²) in [4.78, 5) is 6.53. The van der Waals surface area contributed by atoms with Crippen LogP contribution in [-0.4, -0.2) is 68.6 Å². The molecule has 5 nitrogen and oxygen atoms in total. The third-order valence-electron chi connectivity index (χ3n) is 4.36. The summed E-state index contributed by atoms with van der Waals surface area (Å²) in [6.07, 6.45) is 0.245. The van der Waals surface area contributed by atoms with Crippen molar-refractivity contribution in [2.45, 2.75) is 37.1 Å². The Hall–Kier alpha value is -1.08. The number of hydrogen-bond acceptors (Lipinski definition) is 5. The Morgan fingerprint density at radius 1 is 1.18 bits per heavy atom. The molecule has 2 heterocycles. The highest BCUT2D eigenvalue weighted by Gasteiger charge is 2.51. The Balaban J connectivity index is 1.58. The molecule has 3 rings (SSSR count). The van der Waals surface area contributed by atoms with Crippen LogP contribution in [-0.2, 0) is 6.42 Å². The minimum atomic E-state index is -0.898. The quantitative estimate of drug-likeness (QED) is 0.688. The van der Waals surface area contributed by atoms with E-state index in [9.17, 15) is 15.3 Å². The summed E-state index contributed by atoms with van der Waals surface area (Å²) in [5, 5.41) is 30.3. The fraction of sp³-hybridized carbons (Fsp3) is 0.562.